The second-order valence-corrected chi connectivity index (χ2v) is 14.3. The van der Waals surface area contributed by atoms with E-state index in [0.717, 1.165) is 33.4 Å². The summed E-state index contributed by atoms with van der Waals surface area (Å²) in [6, 6.07) is 57.8. The number of carbonyl (C=O) groups is 1. The molecule has 6 aromatic rings. The van der Waals surface area contributed by atoms with Gasteiger partial charge >= 0.3 is 6.09 Å². The van der Waals surface area contributed by atoms with Crippen LogP contribution in [-0.4, -0.2) is 56.7 Å². The lowest BCUT2D eigenvalue weighted by Crippen LogP contribution is -2.66. The monoisotopic (exact) mass is 805 g/mol. The standard InChI is InChI=1S/C51H51NO8/c1-2-33-56-49-46(52-50(53)60-51(42-27-15-6-16-28-42,43-29-17-7-18-30-43)44-31-19-8-20-32-44)48(58-36-41-25-13-5-14-26-41)47(57-35-40-23-11-4-12-24-40)45(59-49)37-55-38-54-34-39-21-9-3-10-22-39/h2-32,45-49H,1,33-38H2,(H,52,53)/t45-,46-,47-,48-,49+/m1/s1. The molecule has 0 aromatic heterocycles. The van der Waals surface area contributed by atoms with Gasteiger partial charge < -0.3 is 38.5 Å². The first-order valence-corrected chi connectivity index (χ1v) is 20.2. The minimum absolute atomic E-state index is 0.0163. The topological polar surface area (TPSA) is 93.7 Å². The second-order valence-electron chi connectivity index (χ2n) is 14.3. The summed E-state index contributed by atoms with van der Waals surface area (Å²) in [5.74, 6) is 0. The fourth-order valence-corrected chi connectivity index (χ4v) is 7.39. The summed E-state index contributed by atoms with van der Waals surface area (Å²) in [6.45, 7) is 4.96. The van der Waals surface area contributed by atoms with Gasteiger partial charge in [0.05, 0.1) is 33.0 Å². The van der Waals surface area contributed by atoms with E-state index in [9.17, 15) is 4.79 Å². The van der Waals surface area contributed by atoms with Crippen LogP contribution in [0.3, 0.4) is 0 Å². The van der Waals surface area contributed by atoms with Crippen LogP contribution < -0.4 is 5.32 Å². The molecule has 1 aliphatic heterocycles. The van der Waals surface area contributed by atoms with Crippen LogP contribution >= 0.6 is 0 Å². The number of benzene rings is 6. The first-order chi connectivity index (χ1) is 29.6. The first-order valence-electron chi connectivity index (χ1n) is 20.2. The molecule has 0 saturated carbocycles. The molecule has 1 aliphatic rings. The molecule has 5 atom stereocenters. The highest BCUT2D eigenvalue weighted by Crippen LogP contribution is 2.41. The van der Waals surface area contributed by atoms with E-state index in [4.69, 9.17) is 33.2 Å². The highest BCUT2D eigenvalue weighted by molar-refractivity contribution is 5.70. The van der Waals surface area contributed by atoms with Gasteiger partial charge in [-0.3, -0.25) is 0 Å². The average molecular weight is 806 g/mol. The van der Waals surface area contributed by atoms with E-state index in [0.29, 0.717) is 6.61 Å². The summed E-state index contributed by atoms with van der Waals surface area (Å²) < 4.78 is 45.3. The van der Waals surface area contributed by atoms with Crippen molar-refractivity contribution < 1.29 is 38.0 Å². The van der Waals surface area contributed by atoms with E-state index in [2.05, 4.69) is 11.9 Å². The first kappa shape index (κ1) is 42.2. The molecular formula is C51H51NO8. The molecule has 1 fully saturated rings. The maximum absolute atomic E-state index is 14.8. The molecule has 9 nitrogen and oxygen atoms in total. The largest absolute Gasteiger partial charge is 0.428 e. The predicted molar refractivity (Wildman–Crippen MR) is 230 cm³/mol. The minimum Gasteiger partial charge on any atom is -0.428 e. The normalized spacial score (nSPS) is 19.0. The zero-order valence-corrected chi connectivity index (χ0v) is 33.5. The smallest absolute Gasteiger partial charge is 0.409 e. The van der Waals surface area contributed by atoms with Crippen LogP contribution in [0.1, 0.15) is 33.4 Å². The van der Waals surface area contributed by atoms with Crippen molar-refractivity contribution in [2.24, 2.45) is 0 Å². The molecule has 0 radical (unpaired) electrons. The van der Waals surface area contributed by atoms with E-state index in [1.165, 1.54) is 0 Å². The van der Waals surface area contributed by atoms with Crippen LogP contribution in [0.5, 0.6) is 0 Å². The summed E-state index contributed by atoms with van der Waals surface area (Å²) in [6.07, 6.45) is -2.37. The van der Waals surface area contributed by atoms with Gasteiger partial charge in [0, 0.05) is 16.7 Å². The van der Waals surface area contributed by atoms with Gasteiger partial charge in [-0.2, -0.15) is 0 Å². The number of ether oxygens (including phenoxy) is 7. The van der Waals surface area contributed by atoms with Crippen LogP contribution in [-0.2, 0) is 58.6 Å². The Hall–Kier alpha value is -5.91. The number of hydrogen-bond donors (Lipinski definition) is 1. The van der Waals surface area contributed by atoms with Gasteiger partial charge in [-0.1, -0.05) is 188 Å². The van der Waals surface area contributed by atoms with Crippen LogP contribution in [0.15, 0.2) is 195 Å². The molecule has 60 heavy (non-hydrogen) atoms. The predicted octanol–water partition coefficient (Wildman–Crippen LogP) is 9.36. The van der Waals surface area contributed by atoms with Crippen LogP contribution in [0, 0.1) is 0 Å². The Morgan fingerprint density at radius 1 is 0.567 bits per heavy atom. The van der Waals surface area contributed by atoms with Crippen molar-refractivity contribution in [3.05, 3.63) is 228 Å². The third-order valence-corrected chi connectivity index (χ3v) is 10.2. The van der Waals surface area contributed by atoms with Crippen molar-refractivity contribution in [2.45, 2.75) is 56.1 Å². The summed E-state index contributed by atoms with van der Waals surface area (Å²) in [5.41, 5.74) is 3.90. The Labute approximate surface area is 352 Å². The van der Waals surface area contributed by atoms with Crippen molar-refractivity contribution in [3.63, 3.8) is 0 Å². The highest BCUT2D eigenvalue weighted by atomic mass is 16.7. The average Bonchev–Trinajstić information content (AvgIpc) is 3.31. The van der Waals surface area contributed by atoms with Crippen LogP contribution in [0.2, 0.25) is 0 Å². The van der Waals surface area contributed by atoms with Gasteiger partial charge in [0.1, 0.15) is 31.1 Å². The van der Waals surface area contributed by atoms with Crippen molar-refractivity contribution in [2.75, 3.05) is 20.0 Å². The Morgan fingerprint density at radius 2 is 1.00 bits per heavy atom. The minimum atomic E-state index is -1.33. The third kappa shape index (κ3) is 11.0. The van der Waals surface area contributed by atoms with Crippen molar-refractivity contribution in [1.82, 2.24) is 5.32 Å². The molecule has 7 rings (SSSR count). The molecule has 1 amide bonds. The number of carbonyl (C=O) groups excluding carboxylic acids is 1. The second kappa shape index (κ2) is 21.9. The zero-order valence-electron chi connectivity index (χ0n) is 33.5. The summed E-state index contributed by atoms with van der Waals surface area (Å²) in [5, 5.41) is 3.16. The molecule has 308 valence electrons. The summed E-state index contributed by atoms with van der Waals surface area (Å²) in [4.78, 5) is 14.8. The number of rotatable bonds is 20. The Bertz CT molecular complexity index is 2050. The zero-order chi connectivity index (χ0) is 41.2. The molecule has 0 aliphatic carbocycles. The van der Waals surface area contributed by atoms with E-state index < -0.39 is 42.3 Å². The maximum Gasteiger partial charge on any atom is 0.409 e. The molecule has 1 saturated heterocycles. The van der Waals surface area contributed by atoms with Gasteiger partial charge in [0.15, 0.2) is 11.9 Å². The summed E-state index contributed by atoms with van der Waals surface area (Å²) in [7, 11) is 0. The molecule has 6 aromatic carbocycles. The lowest BCUT2D eigenvalue weighted by atomic mass is 9.80. The van der Waals surface area contributed by atoms with E-state index in [1.807, 2.05) is 182 Å². The Morgan fingerprint density at radius 3 is 1.47 bits per heavy atom. The summed E-state index contributed by atoms with van der Waals surface area (Å²) >= 11 is 0. The van der Waals surface area contributed by atoms with Gasteiger partial charge in [-0.25, -0.2) is 4.79 Å². The fourth-order valence-electron chi connectivity index (χ4n) is 7.39. The van der Waals surface area contributed by atoms with Gasteiger partial charge in [0.25, 0.3) is 0 Å². The van der Waals surface area contributed by atoms with Crippen molar-refractivity contribution in [1.29, 1.82) is 0 Å². The van der Waals surface area contributed by atoms with E-state index in [1.54, 1.807) is 6.08 Å². The lowest BCUT2D eigenvalue weighted by molar-refractivity contribution is -0.290. The number of alkyl carbamates (subject to hydrolysis) is 1. The van der Waals surface area contributed by atoms with Crippen LogP contribution in [0.25, 0.3) is 0 Å². The molecule has 0 unspecified atom stereocenters. The molecule has 1 N–H and O–H groups in total. The van der Waals surface area contributed by atoms with Gasteiger partial charge in [-0.15, -0.1) is 6.58 Å². The third-order valence-electron chi connectivity index (χ3n) is 10.2. The SMILES string of the molecule is C=CCO[C@H]1O[C@H](COCOCc2ccccc2)[C@@H](OCc2ccccc2)[C@H](OCc2ccccc2)[C@H]1NC(=O)OC(c1ccccc1)(c1ccccc1)c1ccccc1. The van der Waals surface area contributed by atoms with E-state index >= 15 is 0 Å². The van der Waals surface area contributed by atoms with Crippen molar-refractivity contribution >= 4 is 6.09 Å². The maximum atomic E-state index is 14.8. The number of amides is 1. The van der Waals surface area contributed by atoms with Crippen LogP contribution in [0.4, 0.5) is 4.79 Å². The molecule has 0 bridgehead atoms. The van der Waals surface area contributed by atoms with Gasteiger partial charge in [0.2, 0.25) is 0 Å². The van der Waals surface area contributed by atoms with Crippen molar-refractivity contribution in [3.8, 4) is 0 Å². The fraction of sp³-hybridized carbons (Fsp3) is 0.235. The Balaban J connectivity index is 1.22. The quantitative estimate of drug-likeness (QED) is 0.0353. The van der Waals surface area contributed by atoms with E-state index in [-0.39, 0.29) is 33.2 Å². The molecule has 9 heteroatoms. The number of hydrogen-bond acceptors (Lipinski definition) is 8. The van der Waals surface area contributed by atoms with Gasteiger partial charge in [-0.05, 0) is 16.7 Å². The number of nitrogens with one attached hydrogen (secondary N) is 1. The molecular weight excluding hydrogens is 755 g/mol. The molecule has 1 heterocycles. The highest BCUT2D eigenvalue weighted by Gasteiger charge is 2.50. The Kier molecular flexibility index (Phi) is 15.4. The molecule has 0 spiro atoms. The lowest BCUT2D eigenvalue weighted by Gasteiger charge is -2.46.